The van der Waals surface area contributed by atoms with E-state index in [4.69, 9.17) is 9.73 Å². The number of carbonyl (C=O) groups is 1. The number of nitrogens with one attached hydrogen (secondary N) is 2. The highest BCUT2D eigenvalue weighted by atomic mass is 32.1. The highest BCUT2D eigenvalue weighted by Crippen LogP contribution is 2.32. The van der Waals surface area contributed by atoms with Crippen LogP contribution in [0, 0.1) is 17.3 Å². The first kappa shape index (κ1) is 24.0. The SMILES string of the molecule is C=C(NO)[C@@H](O)[C@@H](CC(C)C)C(=O)N[C@H](c1noc(Cc2cccs2)n1)C(C)(C)C. The van der Waals surface area contributed by atoms with Crippen molar-refractivity contribution in [2.45, 2.75) is 59.6 Å². The van der Waals surface area contributed by atoms with Crippen LogP contribution >= 0.6 is 11.3 Å². The van der Waals surface area contributed by atoms with Crippen LogP contribution in [0.4, 0.5) is 0 Å². The van der Waals surface area contributed by atoms with Gasteiger partial charge in [0.05, 0.1) is 24.1 Å². The molecule has 0 aromatic carbocycles. The predicted molar refractivity (Wildman–Crippen MR) is 115 cm³/mol. The molecule has 2 aromatic heterocycles. The summed E-state index contributed by atoms with van der Waals surface area (Å²) < 4.78 is 5.41. The summed E-state index contributed by atoms with van der Waals surface area (Å²) in [6, 6.07) is 3.44. The topological polar surface area (TPSA) is 121 Å². The molecule has 2 aromatic rings. The van der Waals surface area contributed by atoms with Crippen molar-refractivity contribution in [2.24, 2.45) is 17.3 Å². The molecule has 30 heavy (non-hydrogen) atoms. The van der Waals surface area contributed by atoms with Crippen LogP contribution < -0.4 is 10.8 Å². The van der Waals surface area contributed by atoms with Crippen LogP contribution in [0.5, 0.6) is 0 Å². The number of aromatic nitrogens is 2. The van der Waals surface area contributed by atoms with E-state index in [-0.39, 0.29) is 17.5 Å². The number of nitrogens with zero attached hydrogens (tertiary/aromatic N) is 2. The van der Waals surface area contributed by atoms with Crippen LogP contribution in [-0.4, -0.2) is 32.5 Å². The van der Waals surface area contributed by atoms with Gasteiger partial charge in [0.25, 0.3) is 0 Å². The van der Waals surface area contributed by atoms with Gasteiger partial charge in [0, 0.05) is 4.88 Å². The van der Waals surface area contributed by atoms with Gasteiger partial charge in [-0.15, -0.1) is 11.3 Å². The largest absolute Gasteiger partial charge is 0.386 e. The lowest BCUT2D eigenvalue weighted by molar-refractivity contribution is -0.130. The highest BCUT2D eigenvalue weighted by Gasteiger charge is 2.36. The molecule has 166 valence electrons. The Morgan fingerprint density at radius 3 is 2.60 bits per heavy atom. The van der Waals surface area contributed by atoms with Gasteiger partial charge in [-0.3, -0.25) is 15.5 Å². The standard InChI is InChI=1S/C21H32N4O4S/c1-12(2)10-15(17(26)13(3)24-28)20(27)23-18(21(4,5)6)19-22-16(29-25-19)11-14-8-7-9-30-14/h7-9,12,15,17-18,24,26,28H,3,10-11H2,1-2,4-6H3,(H,23,27)/t15-,17-,18-/m1/s1. The van der Waals surface area contributed by atoms with Crippen molar-refractivity contribution >= 4 is 17.2 Å². The van der Waals surface area contributed by atoms with Crippen LogP contribution in [0.3, 0.4) is 0 Å². The zero-order valence-corrected chi connectivity index (χ0v) is 19.0. The van der Waals surface area contributed by atoms with E-state index in [2.05, 4.69) is 22.0 Å². The van der Waals surface area contributed by atoms with E-state index in [0.29, 0.717) is 24.6 Å². The third-order valence-electron chi connectivity index (χ3n) is 4.74. The Hall–Kier alpha value is -2.23. The predicted octanol–water partition coefficient (Wildman–Crippen LogP) is 3.44. The fourth-order valence-electron chi connectivity index (χ4n) is 3.13. The summed E-state index contributed by atoms with van der Waals surface area (Å²) in [4.78, 5) is 18.7. The van der Waals surface area contributed by atoms with E-state index in [1.807, 2.05) is 57.6 Å². The third-order valence-corrected chi connectivity index (χ3v) is 5.62. The maximum absolute atomic E-state index is 13.1. The van der Waals surface area contributed by atoms with Crippen LogP contribution in [0.25, 0.3) is 0 Å². The monoisotopic (exact) mass is 436 g/mol. The quantitative estimate of drug-likeness (QED) is 0.421. The van der Waals surface area contributed by atoms with Gasteiger partial charge in [-0.05, 0) is 29.2 Å². The molecule has 8 nitrogen and oxygen atoms in total. The molecule has 1 amide bonds. The lowest BCUT2D eigenvalue weighted by Crippen LogP contribution is -2.45. The average Bonchev–Trinajstić information content (AvgIpc) is 3.34. The van der Waals surface area contributed by atoms with Crippen molar-refractivity contribution in [2.75, 3.05) is 0 Å². The summed E-state index contributed by atoms with van der Waals surface area (Å²) >= 11 is 1.61. The van der Waals surface area contributed by atoms with E-state index in [0.717, 1.165) is 4.88 Å². The van der Waals surface area contributed by atoms with Crippen LogP contribution in [-0.2, 0) is 11.2 Å². The number of aliphatic hydroxyl groups is 1. The first-order valence-corrected chi connectivity index (χ1v) is 10.8. The molecule has 0 spiro atoms. The lowest BCUT2D eigenvalue weighted by atomic mass is 9.84. The smallest absolute Gasteiger partial charge is 0.231 e. The molecule has 4 N–H and O–H groups in total. The Kier molecular flexibility index (Phi) is 8.17. The molecule has 2 rings (SSSR count). The zero-order valence-electron chi connectivity index (χ0n) is 18.2. The Morgan fingerprint density at radius 1 is 1.37 bits per heavy atom. The van der Waals surface area contributed by atoms with Crippen molar-refractivity contribution < 1.29 is 19.6 Å². The minimum absolute atomic E-state index is 0.0269. The van der Waals surface area contributed by atoms with Gasteiger partial charge in [0.2, 0.25) is 11.8 Å². The van der Waals surface area contributed by atoms with Gasteiger partial charge in [0.15, 0.2) is 5.82 Å². The molecule has 9 heteroatoms. The van der Waals surface area contributed by atoms with Crippen molar-refractivity contribution in [3.63, 3.8) is 0 Å². The van der Waals surface area contributed by atoms with E-state index < -0.39 is 23.5 Å². The summed E-state index contributed by atoms with van der Waals surface area (Å²) in [6.45, 7) is 13.4. The molecular weight excluding hydrogens is 404 g/mol. The molecule has 0 unspecified atom stereocenters. The molecule has 0 aliphatic carbocycles. The first-order chi connectivity index (χ1) is 14.0. The maximum atomic E-state index is 13.1. The number of thiophene rings is 1. The number of aliphatic hydroxyl groups excluding tert-OH is 1. The lowest BCUT2D eigenvalue weighted by Gasteiger charge is -2.32. The number of rotatable bonds is 10. The highest BCUT2D eigenvalue weighted by molar-refractivity contribution is 7.09. The summed E-state index contributed by atoms with van der Waals surface area (Å²) in [6.07, 6.45) is -0.287. The van der Waals surface area contributed by atoms with Gasteiger partial charge in [0.1, 0.15) is 6.10 Å². The fourth-order valence-corrected chi connectivity index (χ4v) is 3.83. The fraction of sp³-hybridized carbons (Fsp3) is 0.571. The molecule has 0 fully saturated rings. The van der Waals surface area contributed by atoms with E-state index in [1.54, 1.807) is 11.3 Å². The summed E-state index contributed by atoms with van der Waals surface area (Å²) in [5, 5.41) is 28.7. The first-order valence-electron chi connectivity index (χ1n) is 9.95. The van der Waals surface area contributed by atoms with Crippen LogP contribution in [0.15, 0.2) is 34.3 Å². The molecule has 2 heterocycles. The molecule has 0 aliphatic rings. The van der Waals surface area contributed by atoms with Crippen LogP contribution in [0.2, 0.25) is 0 Å². The van der Waals surface area contributed by atoms with E-state index >= 15 is 0 Å². The van der Waals surface area contributed by atoms with Crippen molar-refractivity contribution in [1.29, 1.82) is 0 Å². The minimum atomic E-state index is -1.24. The van der Waals surface area contributed by atoms with Gasteiger partial charge in [-0.25, -0.2) is 0 Å². The maximum Gasteiger partial charge on any atom is 0.231 e. The summed E-state index contributed by atoms with van der Waals surface area (Å²) in [5.41, 5.74) is 1.42. The zero-order chi connectivity index (χ0) is 22.5. The average molecular weight is 437 g/mol. The number of amides is 1. The van der Waals surface area contributed by atoms with Crippen molar-refractivity contribution in [3.05, 3.63) is 46.4 Å². The van der Waals surface area contributed by atoms with Crippen molar-refractivity contribution in [1.82, 2.24) is 20.9 Å². The second kappa shape index (κ2) is 10.2. The molecule has 0 bridgehead atoms. The minimum Gasteiger partial charge on any atom is -0.386 e. The van der Waals surface area contributed by atoms with Crippen molar-refractivity contribution in [3.8, 4) is 0 Å². The normalized spacial score (nSPS) is 14.9. The van der Waals surface area contributed by atoms with Crippen LogP contribution in [0.1, 0.15) is 63.7 Å². The van der Waals surface area contributed by atoms with E-state index in [9.17, 15) is 9.90 Å². The molecule has 3 atom stereocenters. The second-order valence-electron chi connectivity index (χ2n) is 8.93. The molecule has 0 saturated carbocycles. The Labute approximate surface area is 181 Å². The Morgan fingerprint density at radius 2 is 2.07 bits per heavy atom. The second-order valence-corrected chi connectivity index (χ2v) is 9.96. The number of carbonyl (C=O) groups excluding carboxylic acids is 1. The molecule has 0 saturated heterocycles. The van der Waals surface area contributed by atoms with Gasteiger partial charge in [-0.1, -0.05) is 52.4 Å². The number of hydrogen-bond acceptors (Lipinski definition) is 8. The molecule has 0 aliphatic heterocycles. The molecule has 0 radical (unpaired) electrons. The summed E-state index contributed by atoms with van der Waals surface area (Å²) in [7, 11) is 0. The van der Waals surface area contributed by atoms with Gasteiger partial charge >= 0.3 is 0 Å². The van der Waals surface area contributed by atoms with Gasteiger partial charge < -0.3 is 14.9 Å². The van der Waals surface area contributed by atoms with E-state index in [1.165, 1.54) is 0 Å². The number of hydrogen-bond donors (Lipinski definition) is 4. The Bertz CT molecular complexity index is 826. The third kappa shape index (κ3) is 6.38. The number of hydroxylamine groups is 1. The molecular formula is C21H32N4O4S. The van der Waals surface area contributed by atoms with Gasteiger partial charge in [-0.2, -0.15) is 4.98 Å². The Balaban J connectivity index is 2.23. The summed E-state index contributed by atoms with van der Waals surface area (Å²) in [5.74, 6) is -0.138.